The molecule has 0 radical (unpaired) electrons. The number of aryl methyl sites for hydroxylation is 1. The molecule has 0 amide bonds. The van der Waals surface area contributed by atoms with E-state index < -0.39 is 0 Å². The summed E-state index contributed by atoms with van der Waals surface area (Å²) >= 11 is 7.74. The maximum absolute atomic E-state index is 6.06. The Morgan fingerprint density at radius 1 is 1.67 bits per heavy atom. The van der Waals surface area contributed by atoms with Gasteiger partial charge in [-0.1, -0.05) is 0 Å². The molecule has 86 valence electrons. The smallest absolute Gasteiger partial charge is 0.0897 e. The zero-order valence-electron chi connectivity index (χ0n) is 9.36. The quantitative estimate of drug-likeness (QED) is 0.722. The Hall–Kier alpha value is -0.160. The van der Waals surface area contributed by atoms with Crippen molar-refractivity contribution >= 4 is 22.9 Å². The first-order valence-electron chi connectivity index (χ1n) is 4.84. The number of alkyl halides is 1. The molecule has 0 bridgehead atoms. The molecule has 0 saturated heterocycles. The van der Waals surface area contributed by atoms with Crippen LogP contribution in [0.1, 0.15) is 10.7 Å². The Morgan fingerprint density at radius 3 is 2.93 bits per heavy atom. The average molecular weight is 249 g/mol. The Morgan fingerprint density at radius 2 is 2.40 bits per heavy atom. The van der Waals surface area contributed by atoms with Crippen LogP contribution >= 0.6 is 22.9 Å². The fourth-order valence-corrected chi connectivity index (χ4v) is 2.36. The number of ether oxygens (including phenoxy) is 1. The molecule has 0 aliphatic carbocycles. The molecule has 0 fully saturated rings. The van der Waals surface area contributed by atoms with Crippen molar-refractivity contribution in [1.82, 2.24) is 9.88 Å². The highest BCUT2D eigenvalue weighted by molar-refractivity contribution is 7.09. The lowest BCUT2D eigenvalue weighted by Crippen LogP contribution is -2.28. The van der Waals surface area contributed by atoms with E-state index in [4.69, 9.17) is 16.3 Å². The van der Waals surface area contributed by atoms with Gasteiger partial charge in [0.05, 0.1) is 22.7 Å². The summed E-state index contributed by atoms with van der Waals surface area (Å²) in [5.41, 5.74) is 1.11. The molecule has 1 aromatic rings. The molecule has 1 rings (SSSR count). The number of methoxy groups -OCH3 is 1. The minimum Gasteiger partial charge on any atom is -0.383 e. The predicted molar refractivity (Wildman–Crippen MR) is 64.7 cm³/mol. The minimum absolute atomic E-state index is 0.0414. The van der Waals surface area contributed by atoms with Crippen LogP contribution in [0.2, 0.25) is 0 Å². The standard InChI is InChI=1S/C10H17ClN2OS/c1-8-12-10(7-15-8)5-13(2)4-9(11)6-14-3/h7,9H,4-6H2,1-3H3. The second-order valence-corrected chi connectivity index (χ2v) is 5.29. The lowest BCUT2D eigenvalue weighted by atomic mass is 10.3. The van der Waals surface area contributed by atoms with Gasteiger partial charge in [-0.15, -0.1) is 22.9 Å². The highest BCUT2D eigenvalue weighted by atomic mass is 35.5. The topological polar surface area (TPSA) is 25.4 Å². The van der Waals surface area contributed by atoms with E-state index >= 15 is 0 Å². The fourth-order valence-electron chi connectivity index (χ4n) is 1.39. The summed E-state index contributed by atoms with van der Waals surface area (Å²) in [6.07, 6.45) is 0. The number of rotatable bonds is 6. The third kappa shape index (κ3) is 4.93. The average Bonchev–Trinajstić information content (AvgIpc) is 2.51. The van der Waals surface area contributed by atoms with E-state index in [1.165, 1.54) is 0 Å². The van der Waals surface area contributed by atoms with E-state index in [2.05, 4.69) is 15.3 Å². The molecular weight excluding hydrogens is 232 g/mol. The molecule has 3 nitrogen and oxygen atoms in total. The van der Waals surface area contributed by atoms with Crippen LogP contribution in [-0.4, -0.2) is 42.6 Å². The normalized spacial score (nSPS) is 13.4. The van der Waals surface area contributed by atoms with Crippen LogP contribution in [-0.2, 0) is 11.3 Å². The first kappa shape index (κ1) is 12.9. The summed E-state index contributed by atoms with van der Waals surface area (Å²) in [5.74, 6) is 0. The summed E-state index contributed by atoms with van der Waals surface area (Å²) in [6.45, 7) is 4.26. The van der Waals surface area contributed by atoms with Gasteiger partial charge in [0, 0.05) is 25.6 Å². The van der Waals surface area contributed by atoms with Gasteiger partial charge in [-0.25, -0.2) is 4.98 Å². The molecule has 15 heavy (non-hydrogen) atoms. The van der Waals surface area contributed by atoms with Crippen LogP contribution in [0.4, 0.5) is 0 Å². The van der Waals surface area contributed by atoms with Gasteiger partial charge < -0.3 is 4.74 Å². The largest absolute Gasteiger partial charge is 0.383 e. The lowest BCUT2D eigenvalue weighted by molar-refractivity contribution is 0.181. The summed E-state index contributed by atoms with van der Waals surface area (Å²) in [5, 5.41) is 3.24. The van der Waals surface area contributed by atoms with Crippen molar-refractivity contribution in [3.05, 3.63) is 16.1 Å². The predicted octanol–water partition coefficient (Wildman–Crippen LogP) is 2.14. The maximum atomic E-state index is 6.06. The molecule has 0 aromatic carbocycles. The Bertz CT molecular complexity index is 293. The monoisotopic (exact) mass is 248 g/mol. The molecule has 0 saturated carbocycles. The number of nitrogens with zero attached hydrogens (tertiary/aromatic N) is 2. The van der Waals surface area contributed by atoms with Gasteiger partial charge in [-0.2, -0.15) is 0 Å². The first-order valence-corrected chi connectivity index (χ1v) is 6.16. The molecule has 5 heteroatoms. The Balaban J connectivity index is 2.32. The van der Waals surface area contributed by atoms with Gasteiger partial charge in [-0.3, -0.25) is 4.90 Å². The molecule has 0 spiro atoms. The van der Waals surface area contributed by atoms with Crippen LogP contribution in [0.15, 0.2) is 5.38 Å². The van der Waals surface area contributed by atoms with Gasteiger partial charge in [0.25, 0.3) is 0 Å². The van der Waals surface area contributed by atoms with E-state index in [0.29, 0.717) is 6.61 Å². The van der Waals surface area contributed by atoms with Crippen molar-refractivity contribution in [2.24, 2.45) is 0 Å². The van der Waals surface area contributed by atoms with Crippen LogP contribution in [0, 0.1) is 6.92 Å². The highest BCUT2D eigenvalue weighted by Crippen LogP contribution is 2.10. The van der Waals surface area contributed by atoms with E-state index in [1.54, 1.807) is 18.4 Å². The summed E-state index contributed by atoms with van der Waals surface area (Å²) in [7, 11) is 3.71. The number of aromatic nitrogens is 1. The number of hydrogen-bond donors (Lipinski definition) is 0. The molecule has 1 atom stereocenters. The van der Waals surface area contributed by atoms with Crippen molar-refractivity contribution in [2.75, 3.05) is 27.3 Å². The molecule has 1 aromatic heterocycles. The lowest BCUT2D eigenvalue weighted by Gasteiger charge is -2.18. The van der Waals surface area contributed by atoms with Crippen molar-refractivity contribution in [3.8, 4) is 0 Å². The second-order valence-electron chi connectivity index (χ2n) is 3.61. The zero-order valence-corrected chi connectivity index (χ0v) is 10.9. The van der Waals surface area contributed by atoms with Crippen LogP contribution in [0.25, 0.3) is 0 Å². The van der Waals surface area contributed by atoms with Gasteiger partial charge >= 0.3 is 0 Å². The van der Waals surface area contributed by atoms with Crippen LogP contribution < -0.4 is 0 Å². The Labute approximate surface area is 100 Å². The minimum atomic E-state index is 0.0414. The number of hydrogen-bond acceptors (Lipinski definition) is 4. The third-order valence-corrected chi connectivity index (χ3v) is 3.04. The number of halogens is 1. The van der Waals surface area contributed by atoms with Crippen LogP contribution in [0.3, 0.4) is 0 Å². The second kappa shape index (κ2) is 6.43. The molecular formula is C10H17ClN2OS. The zero-order chi connectivity index (χ0) is 11.3. The number of thiazole rings is 1. The van der Waals surface area contributed by atoms with E-state index in [-0.39, 0.29) is 5.38 Å². The SMILES string of the molecule is COCC(Cl)CN(C)Cc1csc(C)n1. The summed E-state index contributed by atoms with van der Waals surface area (Å²) < 4.78 is 4.99. The molecule has 0 aliphatic rings. The summed E-state index contributed by atoms with van der Waals surface area (Å²) in [4.78, 5) is 6.56. The first-order chi connectivity index (χ1) is 7.11. The van der Waals surface area contributed by atoms with Gasteiger partial charge in [0.2, 0.25) is 0 Å². The van der Waals surface area contributed by atoms with Gasteiger partial charge in [0.1, 0.15) is 0 Å². The van der Waals surface area contributed by atoms with E-state index in [9.17, 15) is 0 Å². The third-order valence-electron chi connectivity index (χ3n) is 1.96. The molecule has 0 N–H and O–H groups in total. The molecule has 1 heterocycles. The fraction of sp³-hybridized carbons (Fsp3) is 0.700. The van der Waals surface area contributed by atoms with E-state index in [0.717, 1.165) is 23.8 Å². The molecule has 0 aliphatic heterocycles. The Kier molecular flexibility index (Phi) is 5.53. The highest BCUT2D eigenvalue weighted by Gasteiger charge is 2.09. The van der Waals surface area contributed by atoms with Crippen LogP contribution in [0.5, 0.6) is 0 Å². The van der Waals surface area contributed by atoms with Crippen molar-refractivity contribution < 1.29 is 4.74 Å². The van der Waals surface area contributed by atoms with Crippen molar-refractivity contribution in [3.63, 3.8) is 0 Å². The molecule has 1 unspecified atom stereocenters. The maximum Gasteiger partial charge on any atom is 0.0897 e. The van der Waals surface area contributed by atoms with Crippen molar-refractivity contribution in [2.45, 2.75) is 18.8 Å². The van der Waals surface area contributed by atoms with E-state index in [1.807, 2.05) is 14.0 Å². The summed E-state index contributed by atoms with van der Waals surface area (Å²) in [6, 6.07) is 0. The van der Waals surface area contributed by atoms with Crippen molar-refractivity contribution in [1.29, 1.82) is 0 Å². The van der Waals surface area contributed by atoms with Gasteiger partial charge in [-0.05, 0) is 14.0 Å². The van der Waals surface area contributed by atoms with Gasteiger partial charge in [0.15, 0.2) is 0 Å².